The number of carbonyl (C=O) groups excluding carboxylic acids is 1. The highest BCUT2D eigenvalue weighted by molar-refractivity contribution is 9.10. The van der Waals surface area contributed by atoms with Crippen molar-refractivity contribution in [3.8, 4) is 11.5 Å². The predicted molar refractivity (Wildman–Crippen MR) is 100.0 cm³/mol. The number of benzene rings is 2. The molecule has 144 valence electrons. The van der Waals surface area contributed by atoms with Gasteiger partial charge in [-0.25, -0.2) is 12.8 Å². The second-order valence-electron chi connectivity index (χ2n) is 5.74. The predicted octanol–water partition coefficient (Wildman–Crippen LogP) is 2.62. The van der Waals surface area contributed by atoms with Gasteiger partial charge in [0.05, 0.1) is 17.1 Å². The van der Waals surface area contributed by atoms with Crippen LogP contribution in [0.2, 0.25) is 0 Å². The van der Waals surface area contributed by atoms with E-state index in [2.05, 4.69) is 21.2 Å². The number of nitrogens with zero attached hydrogens (tertiary/aromatic N) is 1. The average molecular weight is 459 g/mol. The van der Waals surface area contributed by atoms with Crippen LogP contribution >= 0.6 is 15.9 Å². The number of hydrogen-bond donors (Lipinski definition) is 1. The van der Waals surface area contributed by atoms with E-state index in [9.17, 15) is 17.6 Å². The van der Waals surface area contributed by atoms with Gasteiger partial charge in [-0.1, -0.05) is 15.9 Å². The van der Waals surface area contributed by atoms with Crippen LogP contribution < -0.4 is 14.8 Å². The molecule has 1 aliphatic rings. The monoisotopic (exact) mass is 458 g/mol. The van der Waals surface area contributed by atoms with E-state index in [1.54, 1.807) is 6.07 Å². The Bertz CT molecular complexity index is 983. The van der Waals surface area contributed by atoms with Crippen molar-refractivity contribution in [2.24, 2.45) is 0 Å². The number of anilines is 1. The van der Waals surface area contributed by atoms with Gasteiger partial charge in [-0.05, 0) is 30.3 Å². The van der Waals surface area contributed by atoms with Crippen LogP contribution in [0.3, 0.4) is 0 Å². The summed E-state index contributed by atoms with van der Waals surface area (Å²) in [7, 11) is -2.67. The lowest BCUT2D eigenvalue weighted by molar-refractivity contribution is -0.116. The van der Waals surface area contributed by atoms with E-state index in [-0.39, 0.29) is 10.6 Å². The number of hydrogen-bond acceptors (Lipinski definition) is 5. The fourth-order valence-electron chi connectivity index (χ4n) is 2.43. The van der Waals surface area contributed by atoms with Gasteiger partial charge in [0.15, 0.2) is 11.5 Å². The standard InChI is InChI=1S/C17H16BrFN2O5S/c1-21(10-17(22)20-14-4-2-11(18)8-13(14)19)27(23,24)12-3-5-15-16(9-12)26-7-6-25-15/h2-5,8-9H,6-7,10H2,1H3,(H,20,22). The second kappa shape index (κ2) is 7.83. The first-order valence-electron chi connectivity index (χ1n) is 7.88. The molecule has 0 unspecified atom stereocenters. The molecule has 27 heavy (non-hydrogen) atoms. The number of fused-ring (bicyclic) bond motifs is 1. The lowest BCUT2D eigenvalue weighted by atomic mass is 10.3. The lowest BCUT2D eigenvalue weighted by Gasteiger charge is -2.21. The number of nitrogens with one attached hydrogen (secondary N) is 1. The minimum atomic E-state index is -3.94. The first-order chi connectivity index (χ1) is 12.8. The number of likely N-dealkylation sites (N-methyl/N-ethyl adjacent to an activating group) is 1. The minimum Gasteiger partial charge on any atom is -0.486 e. The van der Waals surface area contributed by atoms with Crippen molar-refractivity contribution in [3.05, 3.63) is 46.7 Å². The van der Waals surface area contributed by atoms with Gasteiger partial charge < -0.3 is 14.8 Å². The van der Waals surface area contributed by atoms with E-state index in [0.29, 0.717) is 29.2 Å². The maximum atomic E-state index is 13.8. The highest BCUT2D eigenvalue weighted by atomic mass is 79.9. The van der Waals surface area contributed by atoms with E-state index in [0.717, 1.165) is 4.31 Å². The highest BCUT2D eigenvalue weighted by Crippen LogP contribution is 2.33. The average Bonchev–Trinajstić information content (AvgIpc) is 2.63. The maximum absolute atomic E-state index is 13.8. The van der Waals surface area contributed by atoms with Gasteiger partial charge in [-0.3, -0.25) is 4.79 Å². The molecule has 10 heteroatoms. The summed E-state index contributed by atoms with van der Waals surface area (Å²) in [5, 5.41) is 2.36. The summed E-state index contributed by atoms with van der Waals surface area (Å²) >= 11 is 3.12. The molecule has 1 N–H and O–H groups in total. The van der Waals surface area contributed by atoms with Crippen LogP contribution in [0.1, 0.15) is 0 Å². The Kier molecular flexibility index (Phi) is 5.68. The third-order valence-corrected chi connectivity index (χ3v) is 6.09. The number of amides is 1. The summed E-state index contributed by atoms with van der Waals surface area (Å²) in [4.78, 5) is 12.1. The molecule has 0 aromatic heterocycles. The third kappa shape index (κ3) is 4.40. The van der Waals surface area contributed by atoms with Gasteiger partial charge in [0, 0.05) is 17.6 Å². The van der Waals surface area contributed by atoms with E-state index >= 15 is 0 Å². The number of ether oxygens (including phenoxy) is 2. The first kappa shape index (κ1) is 19.6. The molecule has 2 aromatic carbocycles. The van der Waals surface area contributed by atoms with Crippen molar-refractivity contribution in [1.29, 1.82) is 0 Å². The number of carbonyl (C=O) groups is 1. The van der Waals surface area contributed by atoms with Crippen molar-refractivity contribution in [2.45, 2.75) is 4.90 Å². The van der Waals surface area contributed by atoms with Gasteiger partial charge in [0.1, 0.15) is 19.0 Å². The fourth-order valence-corrected chi connectivity index (χ4v) is 3.91. The van der Waals surface area contributed by atoms with Gasteiger partial charge in [0.2, 0.25) is 15.9 Å². The molecule has 0 saturated carbocycles. The summed E-state index contributed by atoms with van der Waals surface area (Å²) in [5.41, 5.74) is -0.0340. The largest absolute Gasteiger partial charge is 0.486 e. The van der Waals surface area contributed by atoms with Gasteiger partial charge in [-0.15, -0.1) is 0 Å². The summed E-state index contributed by atoms with van der Waals surface area (Å²) in [6, 6.07) is 8.39. The zero-order chi connectivity index (χ0) is 19.6. The molecule has 1 aliphatic heterocycles. The quantitative estimate of drug-likeness (QED) is 0.744. The summed E-state index contributed by atoms with van der Waals surface area (Å²) in [5.74, 6) is -0.502. The molecule has 0 radical (unpaired) electrons. The normalized spacial score (nSPS) is 13.5. The van der Waals surface area contributed by atoms with Crippen LogP contribution in [0.5, 0.6) is 11.5 Å². The van der Waals surface area contributed by atoms with Crippen LogP contribution in [0.25, 0.3) is 0 Å². The second-order valence-corrected chi connectivity index (χ2v) is 8.70. The molecule has 2 aromatic rings. The van der Waals surface area contributed by atoms with E-state index < -0.39 is 28.3 Å². The van der Waals surface area contributed by atoms with Crippen molar-refractivity contribution >= 4 is 37.5 Å². The number of sulfonamides is 1. The maximum Gasteiger partial charge on any atom is 0.243 e. The number of rotatable bonds is 5. The van der Waals surface area contributed by atoms with Gasteiger partial charge >= 0.3 is 0 Å². The SMILES string of the molecule is CN(CC(=O)Nc1ccc(Br)cc1F)S(=O)(=O)c1ccc2c(c1)OCCO2. The van der Waals surface area contributed by atoms with Gasteiger partial charge in [-0.2, -0.15) is 4.31 Å². The topological polar surface area (TPSA) is 84.9 Å². The van der Waals surface area contributed by atoms with Crippen LogP contribution in [0.4, 0.5) is 10.1 Å². The van der Waals surface area contributed by atoms with Gasteiger partial charge in [0.25, 0.3) is 0 Å². The molecule has 1 amide bonds. The minimum absolute atomic E-state index is 0.0307. The smallest absolute Gasteiger partial charge is 0.243 e. The summed E-state index contributed by atoms with van der Waals surface area (Å²) in [6.07, 6.45) is 0. The Hall–Kier alpha value is -2.17. The Morgan fingerprint density at radius 2 is 1.89 bits per heavy atom. The molecule has 0 aliphatic carbocycles. The molecular weight excluding hydrogens is 443 g/mol. The van der Waals surface area contributed by atoms with Crippen molar-refractivity contribution < 1.29 is 27.1 Å². The first-order valence-corrected chi connectivity index (χ1v) is 10.1. The molecule has 7 nitrogen and oxygen atoms in total. The Labute approximate surface area is 164 Å². The Morgan fingerprint density at radius 1 is 1.19 bits per heavy atom. The van der Waals surface area contributed by atoms with Crippen molar-refractivity contribution in [3.63, 3.8) is 0 Å². The molecule has 0 bridgehead atoms. The zero-order valence-electron chi connectivity index (χ0n) is 14.2. The van der Waals surface area contributed by atoms with Crippen LogP contribution in [0.15, 0.2) is 45.8 Å². The highest BCUT2D eigenvalue weighted by Gasteiger charge is 2.25. The molecule has 0 atom stereocenters. The van der Waals surface area contributed by atoms with Crippen LogP contribution in [0, 0.1) is 5.82 Å². The van der Waals surface area contributed by atoms with E-state index in [1.807, 2.05) is 0 Å². The van der Waals surface area contributed by atoms with Crippen LogP contribution in [-0.4, -0.2) is 45.4 Å². The van der Waals surface area contributed by atoms with Crippen LogP contribution in [-0.2, 0) is 14.8 Å². The third-order valence-electron chi connectivity index (χ3n) is 3.79. The molecule has 3 rings (SSSR count). The molecular formula is C17H16BrFN2O5S. The molecule has 0 spiro atoms. The van der Waals surface area contributed by atoms with Crippen molar-refractivity contribution in [2.75, 3.05) is 32.1 Å². The number of halogens is 2. The molecule has 0 saturated heterocycles. The van der Waals surface area contributed by atoms with Crippen molar-refractivity contribution in [1.82, 2.24) is 4.31 Å². The Morgan fingerprint density at radius 3 is 2.59 bits per heavy atom. The van der Waals surface area contributed by atoms with E-state index in [4.69, 9.17) is 9.47 Å². The zero-order valence-corrected chi connectivity index (χ0v) is 16.6. The molecule has 1 heterocycles. The fraction of sp³-hybridized carbons (Fsp3) is 0.235. The summed E-state index contributed by atoms with van der Waals surface area (Å²) < 4.78 is 51.3. The molecule has 0 fully saturated rings. The summed E-state index contributed by atoms with van der Waals surface area (Å²) in [6.45, 7) is 0.242. The van der Waals surface area contributed by atoms with E-state index in [1.165, 1.54) is 37.4 Å². The lowest BCUT2D eigenvalue weighted by Crippen LogP contribution is -2.35. The Balaban J connectivity index is 1.72.